The van der Waals surface area contributed by atoms with Crippen LogP contribution in [0.1, 0.15) is 12.5 Å². The van der Waals surface area contributed by atoms with E-state index in [2.05, 4.69) is 5.32 Å². The summed E-state index contributed by atoms with van der Waals surface area (Å²) < 4.78 is 24.2. The summed E-state index contributed by atoms with van der Waals surface area (Å²) in [4.78, 5) is 0. The Balaban J connectivity index is 2.72. The van der Waals surface area contributed by atoms with E-state index in [9.17, 15) is 4.39 Å². The molecular formula is C13H20FNO2. The first-order valence-electron chi connectivity index (χ1n) is 5.79. The second-order valence-corrected chi connectivity index (χ2v) is 3.78. The summed E-state index contributed by atoms with van der Waals surface area (Å²) in [5.74, 6) is 0.000474. The van der Waals surface area contributed by atoms with Crippen molar-refractivity contribution in [1.82, 2.24) is 5.32 Å². The molecule has 0 aromatic heterocycles. The number of halogens is 1. The number of hydrogen-bond acceptors (Lipinski definition) is 3. The van der Waals surface area contributed by atoms with E-state index in [-0.39, 0.29) is 17.6 Å². The van der Waals surface area contributed by atoms with E-state index in [1.165, 1.54) is 7.11 Å². The second-order valence-electron chi connectivity index (χ2n) is 3.78. The minimum Gasteiger partial charge on any atom is -0.494 e. The normalized spacial score (nSPS) is 12.5. The Hall–Kier alpha value is -1.13. The van der Waals surface area contributed by atoms with Crippen LogP contribution in [0.5, 0.6) is 5.75 Å². The highest BCUT2D eigenvalue weighted by Gasteiger charge is 2.13. The average molecular weight is 241 g/mol. The third kappa shape index (κ3) is 3.98. The van der Waals surface area contributed by atoms with Crippen molar-refractivity contribution < 1.29 is 13.9 Å². The lowest BCUT2D eigenvalue weighted by Crippen LogP contribution is -2.32. The van der Waals surface area contributed by atoms with E-state index >= 15 is 0 Å². The van der Waals surface area contributed by atoms with Crippen LogP contribution in [-0.2, 0) is 11.2 Å². The molecule has 0 heterocycles. The fourth-order valence-electron chi connectivity index (χ4n) is 1.64. The van der Waals surface area contributed by atoms with E-state index in [1.807, 2.05) is 14.0 Å². The van der Waals surface area contributed by atoms with E-state index in [0.717, 1.165) is 0 Å². The third-order valence-corrected chi connectivity index (χ3v) is 2.66. The van der Waals surface area contributed by atoms with Crippen LogP contribution < -0.4 is 10.1 Å². The second kappa shape index (κ2) is 7.25. The van der Waals surface area contributed by atoms with Gasteiger partial charge in [-0.25, -0.2) is 4.39 Å². The lowest BCUT2D eigenvalue weighted by Gasteiger charge is -2.17. The predicted octanol–water partition coefficient (Wildman–Crippen LogP) is 2.00. The van der Waals surface area contributed by atoms with Gasteiger partial charge in [-0.2, -0.15) is 0 Å². The molecule has 0 radical (unpaired) electrons. The molecular weight excluding hydrogens is 221 g/mol. The van der Waals surface area contributed by atoms with E-state index in [4.69, 9.17) is 9.47 Å². The highest BCUT2D eigenvalue weighted by Crippen LogP contribution is 2.21. The molecule has 17 heavy (non-hydrogen) atoms. The molecule has 96 valence electrons. The van der Waals surface area contributed by atoms with Gasteiger partial charge in [-0.15, -0.1) is 0 Å². The van der Waals surface area contributed by atoms with Gasteiger partial charge < -0.3 is 14.8 Å². The number of hydrogen-bond donors (Lipinski definition) is 1. The molecule has 1 aromatic rings. The Labute approximate surface area is 102 Å². The van der Waals surface area contributed by atoms with Gasteiger partial charge >= 0.3 is 0 Å². The van der Waals surface area contributed by atoms with Crippen LogP contribution in [0.25, 0.3) is 0 Å². The molecule has 4 heteroatoms. The van der Waals surface area contributed by atoms with Crippen molar-refractivity contribution in [3.05, 3.63) is 29.6 Å². The van der Waals surface area contributed by atoms with Gasteiger partial charge in [-0.1, -0.05) is 12.1 Å². The number of ether oxygens (including phenoxy) is 2. The molecule has 0 spiro atoms. The number of benzene rings is 1. The molecule has 1 unspecified atom stereocenters. The minimum atomic E-state index is -0.285. The number of rotatable bonds is 7. The topological polar surface area (TPSA) is 30.5 Å². The molecule has 0 bridgehead atoms. The van der Waals surface area contributed by atoms with Crippen LogP contribution in [0.15, 0.2) is 18.2 Å². The van der Waals surface area contributed by atoms with Crippen molar-refractivity contribution in [2.24, 2.45) is 0 Å². The standard InChI is InChI=1S/C13H20FNO2/c1-4-17-9-11(15-2)8-10-6-5-7-12(16-3)13(10)14/h5-7,11,15H,4,8-9H2,1-3H3. The zero-order chi connectivity index (χ0) is 12.7. The molecule has 0 aliphatic rings. The average Bonchev–Trinajstić information content (AvgIpc) is 2.36. The van der Waals surface area contributed by atoms with Crippen LogP contribution in [0.4, 0.5) is 4.39 Å². The van der Waals surface area contributed by atoms with Gasteiger partial charge in [0, 0.05) is 12.6 Å². The zero-order valence-electron chi connectivity index (χ0n) is 10.6. The highest BCUT2D eigenvalue weighted by molar-refractivity contribution is 5.31. The summed E-state index contributed by atoms with van der Waals surface area (Å²) in [5.41, 5.74) is 0.642. The molecule has 0 aliphatic carbocycles. The van der Waals surface area contributed by atoms with Gasteiger partial charge in [0.15, 0.2) is 11.6 Å². The molecule has 1 N–H and O–H groups in total. The third-order valence-electron chi connectivity index (χ3n) is 2.66. The van der Waals surface area contributed by atoms with Gasteiger partial charge in [-0.05, 0) is 32.0 Å². The maximum absolute atomic E-state index is 13.9. The number of methoxy groups -OCH3 is 1. The lowest BCUT2D eigenvalue weighted by atomic mass is 10.1. The zero-order valence-corrected chi connectivity index (χ0v) is 10.6. The fraction of sp³-hybridized carbons (Fsp3) is 0.538. The largest absolute Gasteiger partial charge is 0.494 e. The summed E-state index contributed by atoms with van der Waals surface area (Å²) in [6.07, 6.45) is 0.583. The molecule has 3 nitrogen and oxygen atoms in total. The molecule has 1 rings (SSSR count). The number of likely N-dealkylation sites (N-methyl/N-ethyl adjacent to an activating group) is 1. The minimum absolute atomic E-state index is 0.108. The van der Waals surface area contributed by atoms with Crippen LogP contribution in [0, 0.1) is 5.82 Å². The van der Waals surface area contributed by atoms with Gasteiger partial charge in [0.05, 0.1) is 13.7 Å². The Kier molecular flexibility index (Phi) is 5.94. The van der Waals surface area contributed by atoms with Crippen molar-refractivity contribution in [1.29, 1.82) is 0 Å². The fourth-order valence-corrected chi connectivity index (χ4v) is 1.64. The quantitative estimate of drug-likeness (QED) is 0.792. The molecule has 1 aromatic carbocycles. The molecule has 0 aliphatic heterocycles. The van der Waals surface area contributed by atoms with Crippen molar-refractivity contribution in [2.45, 2.75) is 19.4 Å². The maximum atomic E-state index is 13.9. The van der Waals surface area contributed by atoms with Crippen LogP contribution >= 0.6 is 0 Å². The molecule has 1 atom stereocenters. The predicted molar refractivity (Wildman–Crippen MR) is 66.0 cm³/mol. The van der Waals surface area contributed by atoms with Crippen molar-refractivity contribution >= 4 is 0 Å². The summed E-state index contributed by atoms with van der Waals surface area (Å²) >= 11 is 0. The first-order valence-corrected chi connectivity index (χ1v) is 5.79. The first kappa shape index (κ1) is 13.9. The van der Waals surface area contributed by atoms with Gasteiger partial charge in [0.2, 0.25) is 0 Å². The summed E-state index contributed by atoms with van der Waals surface area (Å²) in [6, 6.07) is 5.30. The van der Waals surface area contributed by atoms with E-state index in [0.29, 0.717) is 25.2 Å². The Bertz CT molecular complexity index is 344. The Morgan fingerprint density at radius 3 is 2.76 bits per heavy atom. The smallest absolute Gasteiger partial charge is 0.168 e. The van der Waals surface area contributed by atoms with Crippen molar-refractivity contribution in [3.8, 4) is 5.75 Å². The van der Waals surface area contributed by atoms with E-state index < -0.39 is 0 Å². The lowest BCUT2D eigenvalue weighted by molar-refractivity contribution is 0.124. The first-order chi connectivity index (χ1) is 8.22. The monoisotopic (exact) mass is 241 g/mol. The van der Waals surface area contributed by atoms with Crippen LogP contribution in [-0.4, -0.2) is 33.4 Å². The number of nitrogens with one attached hydrogen (secondary N) is 1. The van der Waals surface area contributed by atoms with Crippen molar-refractivity contribution in [2.75, 3.05) is 27.4 Å². The van der Waals surface area contributed by atoms with Crippen LogP contribution in [0.2, 0.25) is 0 Å². The molecule has 0 fully saturated rings. The maximum Gasteiger partial charge on any atom is 0.168 e. The Morgan fingerprint density at radius 2 is 2.18 bits per heavy atom. The SMILES string of the molecule is CCOCC(Cc1cccc(OC)c1F)NC. The van der Waals surface area contributed by atoms with Gasteiger partial charge in [0.25, 0.3) is 0 Å². The Morgan fingerprint density at radius 1 is 1.41 bits per heavy atom. The molecule has 0 amide bonds. The van der Waals surface area contributed by atoms with Gasteiger partial charge in [0.1, 0.15) is 0 Å². The highest BCUT2D eigenvalue weighted by atomic mass is 19.1. The summed E-state index contributed by atoms with van der Waals surface area (Å²) in [7, 11) is 3.32. The van der Waals surface area contributed by atoms with Gasteiger partial charge in [-0.3, -0.25) is 0 Å². The summed E-state index contributed by atoms with van der Waals surface area (Å²) in [5, 5.41) is 3.12. The molecule has 0 saturated heterocycles. The van der Waals surface area contributed by atoms with Crippen molar-refractivity contribution in [3.63, 3.8) is 0 Å². The van der Waals surface area contributed by atoms with E-state index in [1.54, 1.807) is 18.2 Å². The van der Waals surface area contributed by atoms with Crippen LogP contribution in [0.3, 0.4) is 0 Å². The molecule has 0 saturated carbocycles. The summed E-state index contributed by atoms with van der Waals surface area (Å²) in [6.45, 7) is 3.18.